The SMILES string of the molecule is C=CCCCCC1(CCCCC=C)CC[Si](C)(C)OC1(C)C. The second-order valence-corrected chi connectivity index (χ2v) is 12.4. The van der Waals surface area contributed by atoms with E-state index in [1.807, 2.05) is 0 Å². The van der Waals surface area contributed by atoms with Gasteiger partial charge in [-0.05, 0) is 83.3 Å². The zero-order valence-corrected chi connectivity index (χ0v) is 16.5. The van der Waals surface area contributed by atoms with Gasteiger partial charge in [0.1, 0.15) is 0 Å². The Morgan fingerprint density at radius 2 is 1.45 bits per heavy atom. The van der Waals surface area contributed by atoms with Crippen molar-refractivity contribution < 1.29 is 4.43 Å². The maximum atomic E-state index is 6.69. The van der Waals surface area contributed by atoms with Crippen molar-refractivity contribution in [2.75, 3.05) is 0 Å². The molecule has 0 saturated carbocycles. The lowest BCUT2D eigenvalue weighted by Gasteiger charge is -2.55. The Morgan fingerprint density at radius 3 is 1.86 bits per heavy atom. The van der Waals surface area contributed by atoms with Crippen LogP contribution in [0.4, 0.5) is 0 Å². The maximum Gasteiger partial charge on any atom is 0.187 e. The van der Waals surface area contributed by atoms with E-state index in [9.17, 15) is 0 Å². The molecule has 0 spiro atoms. The Kier molecular flexibility index (Phi) is 7.61. The monoisotopic (exact) mass is 322 g/mol. The van der Waals surface area contributed by atoms with E-state index in [1.54, 1.807) is 0 Å². The van der Waals surface area contributed by atoms with Crippen LogP contribution in [0.15, 0.2) is 25.3 Å². The number of hydrogen-bond donors (Lipinski definition) is 0. The van der Waals surface area contributed by atoms with E-state index in [0.29, 0.717) is 5.41 Å². The van der Waals surface area contributed by atoms with Crippen LogP contribution < -0.4 is 0 Å². The van der Waals surface area contributed by atoms with E-state index in [0.717, 1.165) is 12.8 Å². The second kappa shape index (κ2) is 8.49. The van der Waals surface area contributed by atoms with E-state index >= 15 is 0 Å². The normalized spacial score (nSPS) is 22.2. The fourth-order valence-electron chi connectivity index (χ4n) is 4.17. The van der Waals surface area contributed by atoms with Gasteiger partial charge in [0, 0.05) is 0 Å². The molecule has 0 aromatic heterocycles. The van der Waals surface area contributed by atoms with Crippen LogP contribution in [0.2, 0.25) is 19.1 Å². The predicted octanol–water partition coefficient (Wildman–Crippen LogP) is 6.87. The van der Waals surface area contributed by atoms with Crippen molar-refractivity contribution in [2.45, 2.75) is 96.4 Å². The molecule has 0 aromatic carbocycles. The van der Waals surface area contributed by atoms with Gasteiger partial charge in [0.15, 0.2) is 8.32 Å². The molecule has 0 atom stereocenters. The smallest absolute Gasteiger partial charge is 0.187 e. The first-order chi connectivity index (χ1) is 10.3. The molecule has 0 unspecified atom stereocenters. The van der Waals surface area contributed by atoms with Crippen LogP contribution in [0.3, 0.4) is 0 Å². The fraction of sp³-hybridized carbons (Fsp3) is 0.800. The zero-order valence-electron chi connectivity index (χ0n) is 15.5. The summed E-state index contributed by atoms with van der Waals surface area (Å²) in [6.45, 7) is 17.2. The van der Waals surface area contributed by atoms with E-state index in [-0.39, 0.29) is 5.60 Å². The average Bonchev–Trinajstić information content (AvgIpc) is 2.42. The van der Waals surface area contributed by atoms with Crippen LogP contribution in [-0.4, -0.2) is 13.9 Å². The Balaban J connectivity index is 2.75. The van der Waals surface area contributed by atoms with Crippen LogP contribution in [0.25, 0.3) is 0 Å². The van der Waals surface area contributed by atoms with Crippen LogP contribution in [-0.2, 0) is 4.43 Å². The standard InChI is InChI=1S/C20H38OSi/c1-7-9-11-13-15-20(16-14-12-10-8-2)17-18-22(5,6)21-19(20,3)4/h7-8H,1-2,9-18H2,3-6H3. The van der Waals surface area contributed by atoms with E-state index in [2.05, 4.69) is 52.3 Å². The molecule has 1 nitrogen and oxygen atoms in total. The molecule has 2 heteroatoms. The first-order valence-electron chi connectivity index (χ1n) is 9.21. The van der Waals surface area contributed by atoms with Crippen LogP contribution >= 0.6 is 0 Å². The molecule has 128 valence electrons. The molecule has 1 saturated heterocycles. The molecule has 1 rings (SSSR count). The van der Waals surface area contributed by atoms with Gasteiger partial charge in [-0.1, -0.05) is 25.0 Å². The lowest BCUT2D eigenvalue weighted by atomic mass is 9.65. The molecular weight excluding hydrogens is 284 g/mol. The highest BCUT2D eigenvalue weighted by Gasteiger charge is 2.51. The molecule has 0 amide bonds. The van der Waals surface area contributed by atoms with Gasteiger partial charge in [-0.25, -0.2) is 0 Å². The third-order valence-corrected chi connectivity index (χ3v) is 8.16. The molecule has 22 heavy (non-hydrogen) atoms. The fourth-order valence-corrected chi connectivity index (χ4v) is 6.95. The molecule has 0 aromatic rings. The summed E-state index contributed by atoms with van der Waals surface area (Å²) in [5.74, 6) is 0. The van der Waals surface area contributed by atoms with Crippen LogP contribution in [0.1, 0.15) is 71.6 Å². The van der Waals surface area contributed by atoms with Gasteiger partial charge in [0.05, 0.1) is 5.60 Å². The van der Waals surface area contributed by atoms with Crippen LogP contribution in [0.5, 0.6) is 0 Å². The van der Waals surface area contributed by atoms with E-state index < -0.39 is 8.32 Å². The number of unbranched alkanes of at least 4 members (excludes halogenated alkanes) is 4. The maximum absolute atomic E-state index is 6.69. The summed E-state index contributed by atoms with van der Waals surface area (Å²) in [4.78, 5) is 0. The molecule has 1 fully saturated rings. The highest BCUT2D eigenvalue weighted by molar-refractivity contribution is 6.71. The molecule has 1 aliphatic rings. The van der Waals surface area contributed by atoms with Gasteiger partial charge in [-0.15, -0.1) is 13.2 Å². The van der Waals surface area contributed by atoms with Crippen molar-refractivity contribution in [3.05, 3.63) is 25.3 Å². The second-order valence-electron chi connectivity index (χ2n) is 8.22. The third-order valence-electron chi connectivity index (χ3n) is 5.64. The van der Waals surface area contributed by atoms with Gasteiger partial charge in [0.2, 0.25) is 0 Å². The minimum atomic E-state index is -1.46. The average molecular weight is 323 g/mol. The Labute approximate surface area is 140 Å². The van der Waals surface area contributed by atoms with Crippen molar-refractivity contribution in [2.24, 2.45) is 5.41 Å². The summed E-state index contributed by atoms with van der Waals surface area (Å²) in [7, 11) is -1.46. The molecule has 0 N–H and O–H groups in total. The highest BCUT2D eigenvalue weighted by Crippen LogP contribution is 2.53. The van der Waals surface area contributed by atoms with Gasteiger partial charge >= 0.3 is 0 Å². The van der Waals surface area contributed by atoms with Gasteiger partial charge < -0.3 is 4.43 Å². The molecule has 0 bridgehead atoms. The van der Waals surface area contributed by atoms with Gasteiger partial charge in [-0.2, -0.15) is 0 Å². The minimum Gasteiger partial charge on any atom is -0.412 e. The molecule has 0 radical (unpaired) electrons. The van der Waals surface area contributed by atoms with E-state index in [4.69, 9.17) is 4.43 Å². The van der Waals surface area contributed by atoms with Crippen molar-refractivity contribution >= 4 is 8.32 Å². The quantitative estimate of drug-likeness (QED) is 0.242. The Morgan fingerprint density at radius 1 is 0.955 bits per heavy atom. The molecular formula is C20H38OSi. The summed E-state index contributed by atoms with van der Waals surface area (Å²) in [5.41, 5.74) is 0.404. The van der Waals surface area contributed by atoms with Crippen molar-refractivity contribution in [3.8, 4) is 0 Å². The lowest BCUT2D eigenvalue weighted by Crippen LogP contribution is -2.56. The summed E-state index contributed by atoms with van der Waals surface area (Å²) in [6.07, 6.45) is 15.5. The molecule has 0 aliphatic carbocycles. The summed E-state index contributed by atoms with van der Waals surface area (Å²) >= 11 is 0. The van der Waals surface area contributed by atoms with Crippen molar-refractivity contribution in [3.63, 3.8) is 0 Å². The van der Waals surface area contributed by atoms with Gasteiger partial charge in [0.25, 0.3) is 0 Å². The predicted molar refractivity (Wildman–Crippen MR) is 102 cm³/mol. The Hall–Kier alpha value is -0.343. The summed E-state index contributed by atoms with van der Waals surface area (Å²) in [5, 5.41) is 0. The van der Waals surface area contributed by atoms with Crippen molar-refractivity contribution in [1.29, 1.82) is 0 Å². The Bertz CT molecular complexity index is 341. The number of rotatable bonds is 10. The summed E-state index contributed by atoms with van der Waals surface area (Å²) in [6, 6.07) is 1.32. The zero-order chi connectivity index (χ0) is 16.7. The largest absolute Gasteiger partial charge is 0.412 e. The number of hydrogen-bond acceptors (Lipinski definition) is 1. The van der Waals surface area contributed by atoms with Crippen molar-refractivity contribution in [1.82, 2.24) is 0 Å². The van der Waals surface area contributed by atoms with Crippen LogP contribution in [0, 0.1) is 5.41 Å². The minimum absolute atomic E-state index is 0.0311. The highest BCUT2D eigenvalue weighted by atomic mass is 28.4. The first-order valence-corrected chi connectivity index (χ1v) is 12.3. The molecule has 1 aliphatic heterocycles. The third kappa shape index (κ3) is 5.38. The topological polar surface area (TPSA) is 9.23 Å². The molecule has 1 heterocycles. The summed E-state index contributed by atoms with van der Waals surface area (Å²) < 4.78 is 6.69. The first kappa shape index (κ1) is 19.7. The lowest BCUT2D eigenvalue weighted by molar-refractivity contribution is -0.0744. The van der Waals surface area contributed by atoms with Gasteiger partial charge in [-0.3, -0.25) is 0 Å². The number of allylic oxidation sites excluding steroid dienone is 2. The van der Waals surface area contributed by atoms with E-state index in [1.165, 1.54) is 51.0 Å².